The van der Waals surface area contributed by atoms with Crippen molar-refractivity contribution in [2.45, 2.75) is 37.1 Å². The molecule has 0 radical (unpaired) electrons. The fraction of sp³-hybridized carbons (Fsp3) is 0.500. The molecule has 20 heavy (non-hydrogen) atoms. The number of hydrogen-bond donors (Lipinski definition) is 1. The first kappa shape index (κ1) is 16.5. The first-order valence-corrected chi connectivity index (χ1v) is 7.46. The van der Waals surface area contributed by atoms with Crippen LogP contribution in [0.5, 0.6) is 0 Å². The van der Waals surface area contributed by atoms with Crippen molar-refractivity contribution in [2.24, 2.45) is 0 Å². The molecule has 0 unspecified atom stereocenters. The number of amides is 2. The summed E-state index contributed by atoms with van der Waals surface area (Å²) in [5.41, 5.74) is 0. The summed E-state index contributed by atoms with van der Waals surface area (Å²) in [6, 6.07) is 5.05. The van der Waals surface area contributed by atoms with Crippen molar-refractivity contribution in [1.82, 2.24) is 15.2 Å². The quantitative estimate of drug-likeness (QED) is 0.809. The number of nitrogens with one attached hydrogen (secondary N) is 1. The van der Waals surface area contributed by atoms with E-state index in [-0.39, 0.29) is 17.1 Å². The van der Waals surface area contributed by atoms with Crippen LogP contribution in [0.25, 0.3) is 0 Å². The Balaban J connectivity index is 2.51. The van der Waals surface area contributed by atoms with E-state index < -0.39 is 6.04 Å². The largest absolute Gasteiger partial charge is 0.344 e. The molecule has 0 bridgehead atoms. The summed E-state index contributed by atoms with van der Waals surface area (Å²) < 4.78 is 0. The van der Waals surface area contributed by atoms with E-state index in [1.165, 1.54) is 11.8 Å². The third kappa shape index (κ3) is 4.85. The van der Waals surface area contributed by atoms with Gasteiger partial charge >= 0.3 is 0 Å². The zero-order valence-electron chi connectivity index (χ0n) is 12.3. The van der Waals surface area contributed by atoms with E-state index in [0.29, 0.717) is 6.54 Å². The van der Waals surface area contributed by atoms with Crippen molar-refractivity contribution >= 4 is 23.6 Å². The maximum atomic E-state index is 12.0. The van der Waals surface area contributed by atoms with Crippen molar-refractivity contribution in [3.63, 3.8) is 0 Å². The molecule has 5 nitrogen and oxygen atoms in total. The molecule has 0 saturated carbocycles. The van der Waals surface area contributed by atoms with E-state index >= 15 is 0 Å². The number of carbonyl (C=O) groups is 2. The number of aromatic nitrogens is 1. The van der Waals surface area contributed by atoms with Crippen molar-refractivity contribution in [1.29, 1.82) is 0 Å². The molecule has 0 aromatic carbocycles. The molecule has 0 fully saturated rings. The number of rotatable bonds is 6. The van der Waals surface area contributed by atoms with Crippen LogP contribution in [-0.2, 0) is 9.59 Å². The van der Waals surface area contributed by atoms with Crippen LogP contribution >= 0.6 is 11.8 Å². The summed E-state index contributed by atoms with van der Waals surface area (Å²) >= 11 is 1.37. The molecule has 2 atom stereocenters. The van der Waals surface area contributed by atoms with E-state index in [4.69, 9.17) is 0 Å². The Morgan fingerprint density at radius 3 is 2.65 bits per heavy atom. The minimum Gasteiger partial charge on any atom is -0.344 e. The van der Waals surface area contributed by atoms with Gasteiger partial charge in [0.2, 0.25) is 11.8 Å². The van der Waals surface area contributed by atoms with Crippen LogP contribution in [-0.4, -0.2) is 46.6 Å². The first-order chi connectivity index (χ1) is 9.45. The van der Waals surface area contributed by atoms with Crippen LogP contribution in [0.1, 0.15) is 20.8 Å². The molecule has 6 heteroatoms. The zero-order valence-corrected chi connectivity index (χ0v) is 13.1. The highest BCUT2D eigenvalue weighted by Crippen LogP contribution is 2.20. The highest BCUT2D eigenvalue weighted by molar-refractivity contribution is 8.00. The Morgan fingerprint density at radius 2 is 2.10 bits per heavy atom. The minimum atomic E-state index is -0.515. The molecule has 0 saturated heterocycles. The normalized spacial score (nSPS) is 13.4. The predicted molar refractivity (Wildman–Crippen MR) is 80.5 cm³/mol. The predicted octanol–water partition coefficient (Wildman–Crippen LogP) is 1.55. The van der Waals surface area contributed by atoms with Crippen LogP contribution < -0.4 is 5.32 Å². The van der Waals surface area contributed by atoms with Crippen molar-refractivity contribution < 1.29 is 9.59 Å². The number of hydrogen-bond acceptors (Lipinski definition) is 4. The lowest BCUT2D eigenvalue weighted by Gasteiger charge is -2.21. The second kappa shape index (κ2) is 7.89. The van der Waals surface area contributed by atoms with Gasteiger partial charge in [-0.2, -0.15) is 0 Å². The Hall–Kier alpha value is -1.56. The average Bonchev–Trinajstić information content (AvgIpc) is 2.46. The molecule has 0 spiro atoms. The van der Waals surface area contributed by atoms with Gasteiger partial charge in [-0.05, 0) is 32.9 Å². The Bertz CT molecular complexity index is 453. The van der Waals surface area contributed by atoms with E-state index in [1.807, 2.05) is 25.1 Å². The number of nitrogens with zero attached hydrogens (tertiary/aromatic N) is 2. The Kier molecular flexibility index (Phi) is 6.51. The van der Waals surface area contributed by atoms with Crippen molar-refractivity contribution in [3.05, 3.63) is 24.4 Å². The molecular formula is C14H21N3O2S. The third-order valence-electron chi connectivity index (χ3n) is 2.88. The highest BCUT2D eigenvalue weighted by Gasteiger charge is 2.22. The van der Waals surface area contributed by atoms with Gasteiger partial charge in [0.15, 0.2) is 0 Å². The van der Waals surface area contributed by atoms with Crippen LogP contribution in [0.3, 0.4) is 0 Å². The van der Waals surface area contributed by atoms with Gasteiger partial charge in [-0.25, -0.2) is 4.98 Å². The topological polar surface area (TPSA) is 62.3 Å². The molecular weight excluding hydrogens is 274 g/mol. The van der Waals surface area contributed by atoms with Crippen LogP contribution in [0, 0.1) is 0 Å². The maximum absolute atomic E-state index is 12.0. The minimum absolute atomic E-state index is 0.0871. The van der Waals surface area contributed by atoms with Gasteiger partial charge in [-0.3, -0.25) is 9.59 Å². The van der Waals surface area contributed by atoms with Crippen molar-refractivity contribution in [3.8, 4) is 0 Å². The van der Waals surface area contributed by atoms with Gasteiger partial charge in [0.1, 0.15) is 6.04 Å². The van der Waals surface area contributed by atoms with Gasteiger partial charge in [-0.1, -0.05) is 17.8 Å². The fourth-order valence-corrected chi connectivity index (χ4v) is 2.35. The van der Waals surface area contributed by atoms with Crippen LogP contribution in [0.15, 0.2) is 29.4 Å². The summed E-state index contributed by atoms with van der Waals surface area (Å²) in [5, 5.41) is 3.23. The monoisotopic (exact) mass is 295 g/mol. The molecule has 1 aromatic heterocycles. The molecule has 110 valence electrons. The van der Waals surface area contributed by atoms with E-state index in [0.717, 1.165) is 5.03 Å². The van der Waals surface area contributed by atoms with E-state index in [9.17, 15) is 9.59 Å². The number of pyridine rings is 1. The van der Waals surface area contributed by atoms with Crippen LogP contribution in [0.2, 0.25) is 0 Å². The SMILES string of the molecule is CCN(C)C(=O)[C@H](C)NC(=O)[C@@H](C)Sc1ccccn1. The lowest BCUT2D eigenvalue weighted by Crippen LogP contribution is -2.47. The average molecular weight is 295 g/mol. The van der Waals surface area contributed by atoms with Gasteiger partial charge in [0.25, 0.3) is 0 Å². The Morgan fingerprint density at radius 1 is 1.40 bits per heavy atom. The van der Waals surface area contributed by atoms with Gasteiger partial charge < -0.3 is 10.2 Å². The summed E-state index contributed by atoms with van der Waals surface area (Å²) in [4.78, 5) is 29.7. The van der Waals surface area contributed by atoms with Gasteiger partial charge in [-0.15, -0.1) is 0 Å². The van der Waals surface area contributed by atoms with Gasteiger partial charge in [0.05, 0.1) is 10.3 Å². The molecule has 1 rings (SSSR count). The van der Waals surface area contributed by atoms with Crippen molar-refractivity contribution in [2.75, 3.05) is 13.6 Å². The van der Waals surface area contributed by atoms with Gasteiger partial charge in [0, 0.05) is 19.8 Å². The third-order valence-corrected chi connectivity index (χ3v) is 3.93. The summed E-state index contributed by atoms with van der Waals surface area (Å²) in [7, 11) is 1.72. The fourth-order valence-electron chi connectivity index (χ4n) is 1.53. The van der Waals surface area contributed by atoms with Crippen LogP contribution in [0.4, 0.5) is 0 Å². The molecule has 1 aromatic rings. The zero-order chi connectivity index (χ0) is 15.1. The van der Waals surface area contributed by atoms with E-state index in [1.54, 1.807) is 32.0 Å². The molecule has 0 aliphatic rings. The Labute approximate surface area is 124 Å². The first-order valence-electron chi connectivity index (χ1n) is 6.58. The molecule has 0 aliphatic heterocycles. The summed E-state index contributed by atoms with van der Waals surface area (Å²) in [6.45, 7) is 6.02. The lowest BCUT2D eigenvalue weighted by molar-refractivity contribution is -0.134. The molecule has 0 aliphatic carbocycles. The lowest BCUT2D eigenvalue weighted by atomic mass is 10.2. The maximum Gasteiger partial charge on any atom is 0.244 e. The number of thioether (sulfide) groups is 1. The van der Waals surface area contributed by atoms with E-state index in [2.05, 4.69) is 10.3 Å². The number of carbonyl (C=O) groups excluding carboxylic acids is 2. The highest BCUT2D eigenvalue weighted by atomic mass is 32.2. The second-order valence-electron chi connectivity index (χ2n) is 4.51. The number of likely N-dealkylation sites (N-methyl/N-ethyl adjacent to an activating group) is 1. The second-order valence-corrected chi connectivity index (χ2v) is 5.87. The smallest absolute Gasteiger partial charge is 0.244 e. The molecule has 1 heterocycles. The molecule has 1 N–H and O–H groups in total. The standard InChI is InChI=1S/C14H21N3O2S/c1-5-17(4)14(19)10(2)16-13(18)11(3)20-12-8-6-7-9-15-12/h6-11H,5H2,1-4H3,(H,16,18)/t10-,11+/m0/s1. The molecule has 2 amide bonds. The summed E-state index contributed by atoms with van der Waals surface area (Å²) in [5.74, 6) is -0.248. The summed E-state index contributed by atoms with van der Waals surface area (Å²) in [6.07, 6.45) is 1.69.